The standard InChI is InChI=1S/C23H36BN3O3S/c1-16(2)27(19-8-7-11-25(24)15-19)23(29)18-9-10-21-20(14-18)26(12-5-6-13-30-4)22(28)17(3)31-21/h9-10,14,16-17,19H,5-8,11-13,15,24H2,1-4H3/t17-,19-/m1/s1. The van der Waals surface area contributed by atoms with Crippen molar-refractivity contribution in [2.75, 3.05) is 38.3 Å². The lowest BCUT2D eigenvalue weighted by atomic mass is 9.98. The molecule has 0 aliphatic carbocycles. The van der Waals surface area contributed by atoms with Crippen LogP contribution in [-0.4, -0.2) is 80.2 Å². The fourth-order valence-corrected chi connectivity index (χ4v) is 5.67. The molecule has 1 aromatic rings. The first-order chi connectivity index (χ1) is 14.8. The molecule has 1 saturated heterocycles. The number of piperidine rings is 1. The smallest absolute Gasteiger partial charge is 0.254 e. The fourth-order valence-electron chi connectivity index (χ4n) is 4.62. The molecule has 1 fully saturated rings. The number of unbranched alkanes of at least 4 members (excludes halogenated alkanes) is 1. The quantitative estimate of drug-likeness (QED) is 0.455. The van der Waals surface area contributed by atoms with Crippen molar-refractivity contribution in [1.29, 1.82) is 0 Å². The Bertz CT molecular complexity index is 791. The molecule has 0 spiro atoms. The summed E-state index contributed by atoms with van der Waals surface area (Å²) in [5.41, 5.74) is 1.55. The van der Waals surface area contributed by atoms with Crippen LogP contribution in [0.4, 0.5) is 5.69 Å². The predicted molar refractivity (Wildman–Crippen MR) is 130 cm³/mol. The summed E-state index contributed by atoms with van der Waals surface area (Å²) in [5.74, 6) is 0.183. The van der Waals surface area contributed by atoms with E-state index in [4.69, 9.17) is 4.74 Å². The van der Waals surface area contributed by atoms with E-state index in [1.54, 1.807) is 18.9 Å². The largest absolute Gasteiger partial charge is 0.385 e. The monoisotopic (exact) mass is 445 g/mol. The van der Waals surface area contributed by atoms with Gasteiger partial charge in [0.25, 0.3) is 5.91 Å². The number of fused-ring (bicyclic) bond motifs is 1. The second-order valence-electron chi connectivity index (χ2n) is 9.00. The molecule has 1 aromatic carbocycles. The number of methoxy groups -OCH3 is 1. The maximum Gasteiger partial charge on any atom is 0.254 e. The van der Waals surface area contributed by atoms with Crippen LogP contribution in [-0.2, 0) is 9.53 Å². The highest BCUT2D eigenvalue weighted by atomic mass is 32.2. The number of rotatable bonds is 8. The van der Waals surface area contributed by atoms with Gasteiger partial charge in [-0.1, -0.05) is 0 Å². The van der Waals surface area contributed by atoms with Gasteiger partial charge in [0, 0.05) is 49.3 Å². The zero-order valence-corrected chi connectivity index (χ0v) is 20.4. The maximum absolute atomic E-state index is 13.6. The molecule has 2 aliphatic heterocycles. The van der Waals surface area contributed by atoms with Gasteiger partial charge in [0.2, 0.25) is 5.91 Å². The molecule has 0 saturated carbocycles. The molecule has 8 heteroatoms. The van der Waals surface area contributed by atoms with E-state index in [0.29, 0.717) is 18.7 Å². The lowest BCUT2D eigenvalue weighted by Crippen LogP contribution is -2.52. The number of carbonyl (C=O) groups excluding carboxylic acids is 2. The van der Waals surface area contributed by atoms with Gasteiger partial charge in [-0.2, -0.15) is 0 Å². The minimum atomic E-state index is -0.110. The van der Waals surface area contributed by atoms with Crippen LogP contribution < -0.4 is 4.90 Å². The van der Waals surface area contributed by atoms with Crippen molar-refractivity contribution in [2.24, 2.45) is 0 Å². The molecule has 0 bridgehead atoms. The van der Waals surface area contributed by atoms with Gasteiger partial charge in [-0.05, 0) is 71.2 Å². The molecule has 0 radical (unpaired) electrons. The third-order valence-electron chi connectivity index (χ3n) is 6.18. The van der Waals surface area contributed by atoms with E-state index in [-0.39, 0.29) is 29.1 Å². The summed E-state index contributed by atoms with van der Waals surface area (Å²) in [6, 6.07) is 6.24. The Morgan fingerprint density at radius 2 is 2.13 bits per heavy atom. The third kappa shape index (κ3) is 5.65. The molecule has 2 amide bonds. The molecular weight excluding hydrogens is 409 g/mol. The van der Waals surface area contributed by atoms with Crippen LogP contribution in [0.1, 0.15) is 56.8 Å². The van der Waals surface area contributed by atoms with E-state index < -0.39 is 0 Å². The first-order valence-electron chi connectivity index (χ1n) is 11.5. The molecule has 2 heterocycles. The molecular formula is C23H36BN3O3S. The van der Waals surface area contributed by atoms with E-state index in [0.717, 1.165) is 49.4 Å². The van der Waals surface area contributed by atoms with Gasteiger partial charge in [-0.15, -0.1) is 11.8 Å². The number of ether oxygens (including phenoxy) is 1. The second kappa shape index (κ2) is 10.9. The van der Waals surface area contributed by atoms with Crippen LogP contribution in [0.3, 0.4) is 0 Å². The van der Waals surface area contributed by atoms with Crippen LogP contribution in [0.2, 0.25) is 0 Å². The number of anilines is 1. The van der Waals surface area contributed by atoms with Crippen LogP contribution in [0.15, 0.2) is 23.1 Å². The van der Waals surface area contributed by atoms with E-state index in [9.17, 15) is 9.59 Å². The molecule has 3 rings (SSSR count). The summed E-state index contributed by atoms with van der Waals surface area (Å²) < 4.78 is 5.15. The Morgan fingerprint density at radius 3 is 2.81 bits per heavy atom. The number of nitrogens with zero attached hydrogens (tertiary/aromatic N) is 3. The summed E-state index contributed by atoms with van der Waals surface area (Å²) in [4.78, 5) is 33.8. The van der Waals surface area contributed by atoms with Gasteiger partial charge in [0.1, 0.15) is 0 Å². The van der Waals surface area contributed by atoms with E-state index in [2.05, 4.69) is 26.6 Å². The number of carbonyl (C=O) groups is 2. The Balaban J connectivity index is 1.86. The SMILES string of the molecule is BN1CCC[C@@H](N(C(=O)c2ccc3c(c2)N(CCCCOC)C(=O)[C@@H](C)S3)C(C)C)C1. The molecule has 0 N–H and O–H groups in total. The number of thioether (sulfide) groups is 1. The Morgan fingerprint density at radius 1 is 1.35 bits per heavy atom. The minimum absolute atomic E-state index is 0.0634. The first-order valence-corrected chi connectivity index (χ1v) is 12.3. The van der Waals surface area contributed by atoms with E-state index >= 15 is 0 Å². The molecule has 6 nitrogen and oxygen atoms in total. The van der Waals surface area contributed by atoms with Crippen molar-refractivity contribution in [2.45, 2.75) is 68.7 Å². The number of hydrogen-bond acceptors (Lipinski definition) is 5. The first kappa shape index (κ1) is 24.1. The molecule has 31 heavy (non-hydrogen) atoms. The lowest BCUT2D eigenvalue weighted by molar-refractivity contribution is -0.118. The van der Waals surface area contributed by atoms with Crippen LogP contribution >= 0.6 is 11.8 Å². The molecule has 2 aliphatic rings. The van der Waals surface area contributed by atoms with Crippen LogP contribution in [0.25, 0.3) is 0 Å². The van der Waals surface area contributed by atoms with Crippen molar-refractivity contribution in [3.05, 3.63) is 23.8 Å². The predicted octanol–water partition coefficient (Wildman–Crippen LogP) is 2.80. The third-order valence-corrected chi connectivity index (χ3v) is 7.33. The highest BCUT2D eigenvalue weighted by Gasteiger charge is 2.33. The number of hydrogen-bond donors (Lipinski definition) is 0. The average molecular weight is 445 g/mol. The van der Waals surface area contributed by atoms with Gasteiger partial charge >= 0.3 is 0 Å². The van der Waals surface area contributed by atoms with E-state index in [1.165, 1.54) is 0 Å². The lowest BCUT2D eigenvalue weighted by Gasteiger charge is -2.41. The Labute approximate surface area is 192 Å². The molecule has 0 aromatic heterocycles. The minimum Gasteiger partial charge on any atom is -0.385 e. The van der Waals surface area contributed by atoms with Gasteiger partial charge in [0.05, 0.1) is 10.9 Å². The van der Waals surface area contributed by atoms with Gasteiger partial charge < -0.3 is 19.3 Å². The van der Waals surface area contributed by atoms with E-state index in [1.807, 2.05) is 34.9 Å². The number of amides is 2. The summed E-state index contributed by atoms with van der Waals surface area (Å²) in [6.45, 7) is 9.48. The second-order valence-corrected chi connectivity index (χ2v) is 10.4. The van der Waals surface area contributed by atoms with Gasteiger partial charge in [-0.25, -0.2) is 0 Å². The summed E-state index contributed by atoms with van der Waals surface area (Å²) in [6.07, 6.45) is 3.93. The van der Waals surface area contributed by atoms with Crippen LogP contribution in [0, 0.1) is 0 Å². The van der Waals surface area contributed by atoms with Crippen molar-refractivity contribution >= 4 is 37.2 Å². The maximum atomic E-state index is 13.6. The normalized spacial score (nSPS) is 22.0. The zero-order chi connectivity index (χ0) is 22.5. The highest BCUT2D eigenvalue weighted by molar-refractivity contribution is 8.01. The summed E-state index contributed by atoms with van der Waals surface area (Å²) in [5, 5.41) is -0.110. The summed E-state index contributed by atoms with van der Waals surface area (Å²) >= 11 is 1.58. The van der Waals surface area contributed by atoms with Crippen molar-refractivity contribution in [1.82, 2.24) is 9.71 Å². The average Bonchev–Trinajstić information content (AvgIpc) is 2.73. The molecule has 170 valence electrons. The fraction of sp³-hybridized carbons (Fsp3) is 0.652. The van der Waals surface area contributed by atoms with Crippen molar-refractivity contribution in [3.63, 3.8) is 0 Å². The topological polar surface area (TPSA) is 53.1 Å². The van der Waals surface area contributed by atoms with Crippen molar-refractivity contribution < 1.29 is 14.3 Å². The Kier molecular flexibility index (Phi) is 8.47. The number of benzene rings is 1. The summed E-state index contributed by atoms with van der Waals surface area (Å²) in [7, 11) is 3.82. The van der Waals surface area contributed by atoms with Gasteiger partial charge in [-0.3, -0.25) is 9.59 Å². The van der Waals surface area contributed by atoms with Crippen molar-refractivity contribution in [3.8, 4) is 0 Å². The van der Waals surface area contributed by atoms with Gasteiger partial charge in [0.15, 0.2) is 7.98 Å². The molecule has 2 atom stereocenters. The molecule has 0 unspecified atom stereocenters. The zero-order valence-electron chi connectivity index (χ0n) is 19.6. The highest BCUT2D eigenvalue weighted by Crippen LogP contribution is 2.40. The Hall–Kier alpha value is -1.51. The van der Waals surface area contributed by atoms with Crippen LogP contribution in [0.5, 0.6) is 0 Å².